The maximum atomic E-state index is 13.7. The predicted octanol–water partition coefficient (Wildman–Crippen LogP) is 1.70. The van der Waals surface area contributed by atoms with E-state index in [0.717, 1.165) is 16.5 Å². The van der Waals surface area contributed by atoms with E-state index in [1.54, 1.807) is 18.3 Å². The Morgan fingerprint density at radius 1 is 0.841 bits per heavy atom. The maximum absolute atomic E-state index is 13.7. The van der Waals surface area contributed by atoms with Crippen LogP contribution in [-0.2, 0) is 32.0 Å². The van der Waals surface area contributed by atoms with Crippen LogP contribution < -0.4 is 27.4 Å². The highest BCUT2D eigenvalue weighted by atomic mass is 16.4. The summed E-state index contributed by atoms with van der Waals surface area (Å²) in [6, 6.07) is 9.58. The number of H-pyrrole nitrogens is 1. The summed E-state index contributed by atoms with van der Waals surface area (Å²) in [5.41, 5.74) is 14.3. The number of carbonyl (C=O) groups excluding carboxylic acids is 3. The first-order chi connectivity index (χ1) is 21.0. The van der Waals surface area contributed by atoms with Crippen molar-refractivity contribution in [2.24, 2.45) is 17.4 Å². The number of unbranched alkanes of at least 4 members (excludes halogenated alkanes) is 1. The summed E-state index contributed by atoms with van der Waals surface area (Å²) >= 11 is 0. The number of rotatable bonds is 17. The molecule has 10 N–H and O–H groups in total. The van der Waals surface area contributed by atoms with Gasteiger partial charge >= 0.3 is 5.97 Å². The van der Waals surface area contributed by atoms with E-state index < -0.39 is 47.9 Å². The van der Waals surface area contributed by atoms with Gasteiger partial charge in [0.2, 0.25) is 17.7 Å². The molecule has 12 nitrogen and oxygen atoms in total. The summed E-state index contributed by atoms with van der Waals surface area (Å²) < 4.78 is 0. The Bertz CT molecular complexity index is 1410. The van der Waals surface area contributed by atoms with Gasteiger partial charge in [-0.3, -0.25) is 14.4 Å². The molecule has 4 unspecified atom stereocenters. The predicted molar refractivity (Wildman–Crippen MR) is 168 cm³/mol. The average Bonchev–Trinajstić information content (AvgIpc) is 3.39. The van der Waals surface area contributed by atoms with E-state index in [9.17, 15) is 29.4 Å². The zero-order valence-electron chi connectivity index (χ0n) is 25.2. The first-order valence-corrected chi connectivity index (χ1v) is 14.9. The fraction of sp³-hybridized carbons (Fsp3) is 0.438. The molecule has 12 heteroatoms. The maximum Gasteiger partial charge on any atom is 0.326 e. The minimum Gasteiger partial charge on any atom is -0.508 e. The zero-order valence-corrected chi connectivity index (χ0v) is 25.2. The summed E-state index contributed by atoms with van der Waals surface area (Å²) in [6.45, 7) is 4.09. The highest BCUT2D eigenvalue weighted by molar-refractivity contribution is 5.94. The minimum absolute atomic E-state index is 0.0139. The molecule has 3 amide bonds. The highest BCUT2D eigenvalue weighted by Crippen LogP contribution is 2.19. The van der Waals surface area contributed by atoms with Crippen molar-refractivity contribution >= 4 is 34.6 Å². The Balaban J connectivity index is 1.79. The van der Waals surface area contributed by atoms with Crippen LogP contribution in [0.15, 0.2) is 54.7 Å². The van der Waals surface area contributed by atoms with Crippen LogP contribution in [0.2, 0.25) is 0 Å². The number of hydrogen-bond donors (Lipinski definition) is 8. The van der Waals surface area contributed by atoms with Crippen LogP contribution in [0.1, 0.15) is 50.7 Å². The summed E-state index contributed by atoms with van der Waals surface area (Å²) in [6.07, 6.45) is 3.64. The smallest absolute Gasteiger partial charge is 0.326 e. The first kappa shape index (κ1) is 34.1. The van der Waals surface area contributed by atoms with Crippen molar-refractivity contribution < 1.29 is 29.4 Å². The lowest BCUT2D eigenvalue weighted by molar-refractivity contribution is -0.142. The quantitative estimate of drug-likeness (QED) is 0.105. The fourth-order valence-electron chi connectivity index (χ4n) is 4.99. The van der Waals surface area contributed by atoms with Gasteiger partial charge in [-0.15, -0.1) is 0 Å². The van der Waals surface area contributed by atoms with E-state index in [1.807, 2.05) is 38.1 Å². The Morgan fingerprint density at radius 3 is 2.14 bits per heavy atom. The van der Waals surface area contributed by atoms with Gasteiger partial charge in [0.1, 0.15) is 23.9 Å². The molecule has 0 spiro atoms. The zero-order chi connectivity index (χ0) is 32.2. The second-order valence-electron chi connectivity index (χ2n) is 11.5. The van der Waals surface area contributed by atoms with Crippen molar-refractivity contribution in [3.05, 3.63) is 65.9 Å². The molecule has 2 aromatic carbocycles. The van der Waals surface area contributed by atoms with Crippen LogP contribution >= 0.6 is 0 Å². The number of amides is 3. The third kappa shape index (κ3) is 10.1. The van der Waals surface area contributed by atoms with Gasteiger partial charge in [0, 0.05) is 23.5 Å². The molecule has 0 saturated carbocycles. The van der Waals surface area contributed by atoms with Gasteiger partial charge in [0.05, 0.1) is 6.04 Å². The lowest BCUT2D eigenvalue weighted by Crippen LogP contribution is -2.57. The highest BCUT2D eigenvalue weighted by Gasteiger charge is 2.31. The molecule has 0 saturated heterocycles. The average molecular weight is 609 g/mol. The Kier molecular flexibility index (Phi) is 12.7. The molecule has 0 aliphatic rings. The Labute approximate surface area is 257 Å². The van der Waals surface area contributed by atoms with Crippen LogP contribution in [-0.4, -0.2) is 69.6 Å². The number of carbonyl (C=O) groups is 4. The molecule has 0 aliphatic heterocycles. The number of aromatic amines is 1. The lowest BCUT2D eigenvalue weighted by Gasteiger charge is -2.26. The summed E-state index contributed by atoms with van der Waals surface area (Å²) in [5, 5.41) is 28.3. The first-order valence-electron chi connectivity index (χ1n) is 14.9. The van der Waals surface area contributed by atoms with E-state index in [2.05, 4.69) is 20.9 Å². The van der Waals surface area contributed by atoms with Crippen molar-refractivity contribution in [3.63, 3.8) is 0 Å². The summed E-state index contributed by atoms with van der Waals surface area (Å²) in [7, 11) is 0. The van der Waals surface area contributed by atoms with E-state index in [-0.39, 0.29) is 37.4 Å². The number of hydrogen-bond acceptors (Lipinski definition) is 7. The van der Waals surface area contributed by atoms with Crippen LogP contribution in [0, 0.1) is 5.92 Å². The fourth-order valence-corrected chi connectivity index (χ4v) is 4.99. The largest absolute Gasteiger partial charge is 0.508 e. The topological polar surface area (TPSA) is 213 Å². The molecular formula is C32H44N6O6. The van der Waals surface area contributed by atoms with Crippen molar-refractivity contribution in [1.82, 2.24) is 20.9 Å². The Morgan fingerprint density at radius 2 is 1.48 bits per heavy atom. The van der Waals surface area contributed by atoms with Crippen molar-refractivity contribution in [2.45, 2.75) is 76.5 Å². The molecule has 0 bridgehead atoms. The number of benzene rings is 2. The number of phenolic OH excluding ortho intramolecular Hbond substituents is 1. The van der Waals surface area contributed by atoms with Crippen molar-refractivity contribution in [2.75, 3.05) is 6.54 Å². The molecular weight excluding hydrogens is 564 g/mol. The van der Waals surface area contributed by atoms with Crippen LogP contribution in [0.5, 0.6) is 5.75 Å². The van der Waals surface area contributed by atoms with Crippen molar-refractivity contribution in [3.8, 4) is 5.75 Å². The number of aromatic nitrogens is 1. The van der Waals surface area contributed by atoms with E-state index in [4.69, 9.17) is 11.5 Å². The molecule has 4 atom stereocenters. The number of carboxylic acid groups (broad SMARTS) is 1. The molecule has 0 radical (unpaired) electrons. The van der Waals surface area contributed by atoms with Gasteiger partial charge in [-0.25, -0.2) is 4.79 Å². The van der Waals surface area contributed by atoms with Gasteiger partial charge in [-0.05, 0) is 73.9 Å². The molecule has 1 heterocycles. The number of phenols is 1. The van der Waals surface area contributed by atoms with Crippen LogP contribution in [0.3, 0.4) is 0 Å². The SMILES string of the molecule is CC(C)CC(NC(=O)C(CCCCN)NC(=O)C(Cc1ccc(O)cc1)NC(=O)C(N)Cc1c[nH]c2ccccc12)C(=O)O. The molecule has 3 aromatic rings. The number of carboxylic acids is 1. The second-order valence-corrected chi connectivity index (χ2v) is 11.5. The van der Waals surface area contributed by atoms with Gasteiger partial charge < -0.3 is 42.6 Å². The molecule has 238 valence electrons. The summed E-state index contributed by atoms with van der Waals surface area (Å²) in [4.78, 5) is 55.1. The minimum atomic E-state index is -1.17. The summed E-state index contributed by atoms with van der Waals surface area (Å²) in [5.74, 6) is -2.92. The van der Waals surface area contributed by atoms with Crippen LogP contribution in [0.25, 0.3) is 10.9 Å². The van der Waals surface area contributed by atoms with E-state index in [1.165, 1.54) is 12.1 Å². The van der Waals surface area contributed by atoms with Crippen molar-refractivity contribution in [1.29, 1.82) is 0 Å². The van der Waals surface area contributed by atoms with Gasteiger partial charge in [-0.1, -0.05) is 44.2 Å². The monoisotopic (exact) mass is 608 g/mol. The number of nitrogens with two attached hydrogens (primary N) is 2. The van der Waals surface area contributed by atoms with Gasteiger partial charge in [0.25, 0.3) is 0 Å². The molecule has 0 fully saturated rings. The standard InChI is InChI=1S/C32H44N6O6/c1-19(2)15-28(32(43)44)38-30(41)26(9-5-6-14-33)36-31(42)27(16-20-10-12-22(39)13-11-20)37-29(40)24(34)17-21-18-35-25-8-4-3-7-23(21)25/h3-4,7-8,10-13,18-19,24,26-28,35,39H,5-6,9,14-17,33-34H2,1-2H3,(H,36,42)(H,37,40)(H,38,41)(H,43,44). The number of aliphatic carboxylic acids is 1. The van der Waals surface area contributed by atoms with E-state index >= 15 is 0 Å². The molecule has 3 rings (SSSR count). The number of para-hydroxylation sites is 1. The van der Waals surface area contributed by atoms with Crippen LogP contribution in [0.4, 0.5) is 0 Å². The second kappa shape index (κ2) is 16.4. The lowest BCUT2D eigenvalue weighted by atomic mass is 10.0. The molecule has 0 aliphatic carbocycles. The number of fused-ring (bicyclic) bond motifs is 1. The molecule has 44 heavy (non-hydrogen) atoms. The Hall–Kier alpha value is -4.42. The normalized spacial score (nSPS) is 14.0. The van der Waals surface area contributed by atoms with Gasteiger partial charge in [0.15, 0.2) is 0 Å². The number of aromatic hydroxyl groups is 1. The third-order valence-electron chi connectivity index (χ3n) is 7.36. The molecule has 1 aromatic heterocycles. The number of nitrogens with one attached hydrogen (secondary N) is 4. The van der Waals surface area contributed by atoms with Gasteiger partial charge in [-0.2, -0.15) is 0 Å². The van der Waals surface area contributed by atoms with E-state index in [0.29, 0.717) is 24.9 Å². The third-order valence-corrected chi connectivity index (χ3v) is 7.36.